The van der Waals surface area contributed by atoms with Gasteiger partial charge in [0.15, 0.2) is 0 Å². The van der Waals surface area contributed by atoms with Crippen LogP contribution in [0.2, 0.25) is 0 Å². The van der Waals surface area contributed by atoms with Crippen LogP contribution >= 0.6 is 0 Å². The van der Waals surface area contributed by atoms with Crippen LogP contribution in [0, 0.1) is 0 Å². The van der Waals surface area contributed by atoms with Gasteiger partial charge in [-0.3, -0.25) is 14.6 Å². The second-order valence-electron chi connectivity index (χ2n) is 5.98. The molecule has 0 radical (unpaired) electrons. The Labute approximate surface area is 125 Å². The van der Waals surface area contributed by atoms with Gasteiger partial charge in [-0.15, -0.1) is 0 Å². The van der Waals surface area contributed by atoms with Crippen molar-refractivity contribution < 1.29 is 9.59 Å². The van der Waals surface area contributed by atoms with Crippen LogP contribution in [-0.4, -0.2) is 32.8 Å². The number of nitrogens with one attached hydrogen (secondary N) is 1. The zero-order valence-corrected chi connectivity index (χ0v) is 13.1. The molecule has 1 aliphatic heterocycles. The lowest BCUT2D eigenvalue weighted by atomic mass is 9.84. The minimum atomic E-state index is -0.833. The first-order valence-corrected chi connectivity index (χ1v) is 7.42. The molecular weight excluding hydrogens is 266 g/mol. The van der Waals surface area contributed by atoms with Crippen LogP contribution in [0.15, 0.2) is 24.4 Å². The lowest BCUT2D eigenvalue weighted by Gasteiger charge is -2.49. The molecule has 0 aromatic carbocycles. The highest BCUT2D eigenvalue weighted by molar-refractivity contribution is 6.01. The van der Waals surface area contributed by atoms with E-state index in [1.165, 1.54) is 0 Å². The molecule has 2 amide bonds. The van der Waals surface area contributed by atoms with Gasteiger partial charge in [0.2, 0.25) is 11.8 Å². The van der Waals surface area contributed by atoms with E-state index in [0.29, 0.717) is 19.4 Å². The standard InChI is InChI=1S/C16H23N3O2/c1-5-15(3)14(21)19(11-12-9-7-8-10-17-12)16(4,6-2)13(20)18-15/h7-10H,5-6,11H2,1-4H3,(H,18,20). The molecule has 0 aliphatic carbocycles. The molecule has 2 rings (SSSR count). The smallest absolute Gasteiger partial charge is 0.249 e. The Kier molecular flexibility index (Phi) is 4.03. The summed E-state index contributed by atoms with van der Waals surface area (Å²) in [6.45, 7) is 7.79. The molecule has 0 spiro atoms. The van der Waals surface area contributed by atoms with Crippen molar-refractivity contribution in [2.75, 3.05) is 0 Å². The molecular formula is C16H23N3O2. The number of piperazine rings is 1. The van der Waals surface area contributed by atoms with E-state index in [4.69, 9.17) is 0 Å². The maximum absolute atomic E-state index is 12.9. The van der Waals surface area contributed by atoms with Crippen molar-refractivity contribution in [3.05, 3.63) is 30.1 Å². The monoisotopic (exact) mass is 289 g/mol. The highest BCUT2D eigenvalue weighted by atomic mass is 16.2. The summed E-state index contributed by atoms with van der Waals surface area (Å²) in [6.07, 6.45) is 2.83. The third kappa shape index (κ3) is 2.52. The molecule has 1 fully saturated rings. The summed E-state index contributed by atoms with van der Waals surface area (Å²) in [6, 6.07) is 5.60. The Morgan fingerprint density at radius 3 is 2.43 bits per heavy atom. The summed E-state index contributed by atoms with van der Waals surface area (Å²) in [5.41, 5.74) is -0.872. The Morgan fingerprint density at radius 2 is 1.90 bits per heavy atom. The lowest BCUT2D eigenvalue weighted by Crippen LogP contribution is -2.73. The van der Waals surface area contributed by atoms with Gasteiger partial charge in [-0.2, -0.15) is 0 Å². The molecule has 0 saturated carbocycles. The van der Waals surface area contributed by atoms with E-state index in [1.54, 1.807) is 18.0 Å². The Morgan fingerprint density at radius 1 is 1.19 bits per heavy atom. The molecule has 2 heterocycles. The first kappa shape index (κ1) is 15.5. The van der Waals surface area contributed by atoms with Crippen molar-refractivity contribution in [3.8, 4) is 0 Å². The van der Waals surface area contributed by atoms with Crippen LogP contribution in [0.1, 0.15) is 46.2 Å². The van der Waals surface area contributed by atoms with Gasteiger partial charge in [0, 0.05) is 6.20 Å². The van der Waals surface area contributed by atoms with E-state index in [0.717, 1.165) is 5.69 Å². The predicted octanol–water partition coefficient (Wildman–Crippen LogP) is 1.88. The highest BCUT2D eigenvalue weighted by Crippen LogP contribution is 2.31. The normalized spacial score (nSPS) is 29.4. The van der Waals surface area contributed by atoms with Gasteiger partial charge in [0.1, 0.15) is 11.1 Å². The van der Waals surface area contributed by atoms with Crippen molar-refractivity contribution in [1.82, 2.24) is 15.2 Å². The topological polar surface area (TPSA) is 62.3 Å². The minimum absolute atomic E-state index is 0.0420. The van der Waals surface area contributed by atoms with Crippen molar-refractivity contribution in [2.45, 2.75) is 58.2 Å². The van der Waals surface area contributed by atoms with Crippen LogP contribution in [0.4, 0.5) is 0 Å². The number of aromatic nitrogens is 1. The molecule has 2 atom stereocenters. The zero-order valence-electron chi connectivity index (χ0n) is 13.1. The number of rotatable bonds is 4. The summed E-state index contributed by atoms with van der Waals surface area (Å²) in [7, 11) is 0. The van der Waals surface area contributed by atoms with Gasteiger partial charge in [-0.1, -0.05) is 19.9 Å². The van der Waals surface area contributed by atoms with Gasteiger partial charge < -0.3 is 10.2 Å². The van der Waals surface area contributed by atoms with E-state index >= 15 is 0 Å². The van der Waals surface area contributed by atoms with Crippen molar-refractivity contribution in [2.24, 2.45) is 0 Å². The lowest BCUT2D eigenvalue weighted by molar-refractivity contribution is -0.163. The molecule has 0 bridgehead atoms. The van der Waals surface area contributed by atoms with Gasteiger partial charge in [0.05, 0.1) is 12.2 Å². The number of nitrogens with zero attached hydrogens (tertiary/aromatic N) is 2. The second kappa shape index (κ2) is 5.47. The number of pyridine rings is 1. The first-order valence-electron chi connectivity index (χ1n) is 7.42. The predicted molar refractivity (Wildman–Crippen MR) is 80.3 cm³/mol. The fourth-order valence-electron chi connectivity index (χ4n) is 2.57. The third-order valence-electron chi connectivity index (χ3n) is 4.63. The van der Waals surface area contributed by atoms with Crippen molar-refractivity contribution in [3.63, 3.8) is 0 Å². The Hall–Kier alpha value is -1.91. The van der Waals surface area contributed by atoms with Gasteiger partial charge in [0.25, 0.3) is 0 Å². The van der Waals surface area contributed by atoms with E-state index in [1.807, 2.05) is 39.0 Å². The second-order valence-corrected chi connectivity index (χ2v) is 5.98. The summed E-state index contributed by atoms with van der Waals surface area (Å²) >= 11 is 0. The molecule has 114 valence electrons. The average molecular weight is 289 g/mol. The molecule has 1 aromatic rings. The first-order chi connectivity index (χ1) is 9.87. The highest BCUT2D eigenvalue weighted by Gasteiger charge is 2.52. The Balaban J connectivity index is 2.40. The maximum atomic E-state index is 12.9. The van der Waals surface area contributed by atoms with Gasteiger partial charge in [-0.25, -0.2) is 0 Å². The van der Waals surface area contributed by atoms with E-state index in [9.17, 15) is 9.59 Å². The third-order valence-corrected chi connectivity index (χ3v) is 4.63. The molecule has 5 nitrogen and oxygen atoms in total. The minimum Gasteiger partial charge on any atom is -0.340 e. The fourth-order valence-corrected chi connectivity index (χ4v) is 2.57. The van der Waals surface area contributed by atoms with Crippen LogP contribution in [0.25, 0.3) is 0 Å². The number of hydrogen-bond donors (Lipinski definition) is 1. The molecule has 2 unspecified atom stereocenters. The number of carbonyl (C=O) groups is 2. The van der Waals surface area contributed by atoms with E-state index in [-0.39, 0.29) is 11.8 Å². The van der Waals surface area contributed by atoms with E-state index in [2.05, 4.69) is 10.3 Å². The molecule has 1 N–H and O–H groups in total. The van der Waals surface area contributed by atoms with Crippen molar-refractivity contribution in [1.29, 1.82) is 0 Å². The molecule has 1 aromatic heterocycles. The van der Waals surface area contributed by atoms with Crippen LogP contribution in [-0.2, 0) is 16.1 Å². The molecule has 1 saturated heterocycles. The summed E-state index contributed by atoms with van der Waals surface area (Å²) in [4.78, 5) is 31.4. The zero-order chi connectivity index (χ0) is 15.7. The number of amides is 2. The van der Waals surface area contributed by atoms with Crippen molar-refractivity contribution >= 4 is 11.8 Å². The van der Waals surface area contributed by atoms with Crippen LogP contribution in [0.5, 0.6) is 0 Å². The SMILES string of the molecule is CCC1(C)NC(=O)C(C)(CC)N(Cc2ccccn2)C1=O. The molecule has 5 heteroatoms. The largest absolute Gasteiger partial charge is 0.340 e. The fraction of sp³-hybridized carbons (Fsp3) is 0.562. The van der Waals surface area contributed by atoms with Crippen LogP contribution < -0.4 is 5.32 Å². The van der Waals surface area contributed by atoms with Gasteiger partial charge in [-0.05, 0) is 38.8 Å². The van der Waals surface area contributed by atoms with E-state index < -0.39 is 11.1 Å². The average Bonchev–Trinajstić information content (AvgIpc) is 2.50. The number of hydrogen-bond acceptors (Lipinski definition) is 3. The quantitative estimate of drug-likeness (QED) is 0.920. The summed E-state index contributed by atoms with van der Waals surface area (Å²) in [5, 5.41) is 2.90. The maximum Gasteiger partial charge on any atom is 0.249 e. The molecule has 1 aliphatic rings. The molecule has 21 heavy (non-hydrogen) atoms. The van der Waals surface area contributed by atoms with Gasteiger partial charge >= 0.3 is 0 Å². The number of carbonyl (C=O) groups excluding carboxylic acids is 2. The Bertz CT molecular complexity index is 546. The summed E-state index contributed by atoms with van der Waals surface area (Å²) < 4.78 is 0. The summed E-state index contributed by atoms with van der Waals surface area (Å²) in [5.74, 6) is -0.135. The van der Waals surface area contributed by atoms with Crippen LogP contribution in [0.3, 0.4) is 0 Å².